The van der Waals surface area contributed by atoms with E-state index < -0.39 is 0 Å². The molecule has 2 aromatic carbocycles. The van der Waals surface area contributed by atoms with Crippen molar-refractivity contribution in [3.05, 3.63) is 72.1 Å². The summed E-state index contributed by atoms with van der Waals surface area (Å²) in [5.74, 6) is 0. The van der Waals surface area contributed by atoms with Crippen LogP contribution in [0.2, 0.25) is 5.28 Å². The van der Waals surface area contributed by atoms with Crippen molar-refractivity contribution < 1.29 is 0 Å². The number of rotatable bonds is 2. The zero-order chi connectivity index (χ0) is 15.8. The fraction of sp³-hybridized carbons (Fsp3) is 0.0526. The van der Waals surface area contributed by atoms with E-state index in [4.69, 9.17) is 11.6 Å². The highest BCUT2D eigenvalue weighted by molar-refractivity contribution is 6.28. The third-order valence-corrected chi connectivity index (χ3v) is 4.22. The summed E-state index contributed by atoms with van der Waals surface area (Å²) in [6.45, 7) is 0. The molecule has 0 amide bonds. The summed E-state index contributed by atoms with van der Waals surface area (Å²) < 4.78 is 2.20. The molecule has 0 aliphatic rings. The van der Waals surface area contributed by atoms with Crippen molar-refractivity contribution >= 4 is 22.5 Å². The van der Waals surface area contributed by atoms with Crippen molar-refractivity contribution in [1.82, 2.24) is 14.5 Å². The van der Waals surface area contributed by atoms with E-state index >= 15 is 0 Å². The molecule has 4 heteroatoms. The van der Waals surface area contributed by atoms with E-state index in [9.17, 15) is 0 Å². The number of para-hydroxylation sites is 1. The number of aromatic nitrogens is 3. The smallest absolute Gasteiger partial charge is 0.222 e. The van der Waals surface area contributed by atoms with Crippen LogP contribution in [-0.4, -0.2) is 14.5 Å². The van der Waals surface area contributed by atoms with Crippen molar-refractivity contribution in [2.24, 2.45) is 7.05 Å². The lowest BCUT2D eigenvalue weighted by atomic mass is 10.0. The number of fused-ring (bicyclic) bond motifs is 1. The van der Waals surface area contributed by atoms with Gasteiger partial charge in [0.05, 0.1) is 11.4 Å². The first kappa shape index (κ1) is 14.0. The van der Waals surface area contributed by atoms with Crippen LogP contribution < -0.4 is 0 Å². The van der Waals surface area contributed by atoms with Gasteiger partial charge in [-0.1, -0.05) is 48.5 Å². The molecule has 0 saturated carbocycles. The van der Waals surface area contributed by atoms with E-state index in [1.165, 1.54) is 0 Å². The Bertz CT molecular complexity index is 990. The molecular weight excluding hydrogens is 306 g/mol. The normalized spacial score (nSPS) is 11.0. The average Bonchev–Trinajstić information content (AvgIpc) is 2.89. The molecule has 0 bridgehead atoms. The van der Waals surface area contributed by atoms with Crippen LogP contribution in [-0.2, 0) is 7.05 Å². The van der Waals surface area contributed by atoms with Crippen LogP contribution in [0.25, 0.3) is 33.4 Å². The Labute approximate surface area is 139 Å². The van der Waals surface area contributed by atoms with Crippen LogP contribution in [0.3, 0.4) is 0 Å². The lowest BCUT2D eigenvalue weighted by molar-refractivity contribution is 0.978. The summed E-state index contributed by atoms with van der Waals surface area (Å²) in [6.07, 6.45) is 1.70. The number of hydrogen-bond acceptors (Lipinski definition) is 2. The molecule has 23 heavy (non-hydrogen) atoms. The van der Waals surface area contributed by atoms with Crippen LogP contribution in [0.1, 0.15) is 0 Å². The number of benzene rings is 2. The molecule has 3 nitrogen and oxygen atoms in total. The fourth-order valence-electron chi connectivity index (χ4n) is 3.06. The van der Waals surface area contributed by atoms with Gasteiger partial charge in [0.15, 0.2) is 0 Å². The quantitative estimate of drug-likeness (QED) is 0.489. The van der Waals surface area contributed by atoms with Gasteiger partial charge in [-0.25, -0.2) is 9.97 Å². The Morgan fingerprint density at radius 2 is 1.65 bits per heavy atom. The molecule has 0 aliphatic carbocycles. The van der Waals surface area contributed by atoms with Gasteiger partial charge in [-0.2, -0.15) is 0 Å². The number of hydrogen-bond donors (Lipinski definition) is 0. The second-order valence-corrected chi connectivity index (χ2v) is 5.71. The predicted molar refractivity (Wildman–Crippen MR) is 94.4 cm³/mol. The monoisotopic (exact) mass is 319 g/mol. The second kappa shape index (κ2) is 5.52. The van der Waals surface area contributed by atoms with Crippen molar-refractivity contribution in [3.8, 4) is 22.5 Å². The van der Waals surface area contributed by atoms with Crippen molar-refractivity contribution in [1.29, 1.82) is 0 Å². The fourth-order valence-corrected chi connectivity index (χ4v) is 3.21. The maximum atomic E-state index is 6.02. The van der Waals surface area contributed by atoms with E-state index in [2.05, 4.69) is 45.8 Å². The summed E-state index contributed by atoms with van der Waals surface area (Å²) in [4.78, 5) is 8.44. The van der Waals surface area contributed by atoms with Gasteiger partial charge < -0.3 is 4.57 Å². The molecule has 0 unspecified atom stereocenters. The number of nitrogens with zero attached hydrogens (tertiary/aromatic N) is 3. The Hall–Kier alpha value is -2.65. The zero-order valence-electron chi connectivity index (χ0n) is 12.6. The van der Waals surface area contributed by atoms with E-state index in [0.29, 0.717) is 0 Å². The molecule has 0 radical (unpaired) electrons. The van der Waals surface area contributed by atoms with Crippen molar-refractivity contribution in [2.45, 2.75) is 0 Å². The van der Waals surface area contributed by atoms with E-state index in [1.54, 1.807) is 6.20 Å². The summed E-state index contributed by atoms with van der Waals surface area (Å²) in [6, 6.07) is 20.6. The minimum atomic E-state index is 0.259. The van der Waals surface area contributed by atoms with Gasteiger partial charge in [-0.15, -0.1) is 0 Å². The van der Waals surface area contributed by atoms with Gasteiger partial charge >= 0.3 is 0 Å². The first-order chi connectivity index (χ1) is 11.3. The van der Waals surface area contributed by atoms with Gasteiger partial charge in [-0.05, 0) is 29.3 Å². The molecule has 112 valence electrons. The molecule has 0 atom stereocenters. The number of aryl methyl sites for hydroxylation is 1. The molecule has 0 fully saturated rings. The zero-order valence-corrected chi connectivity index (χ0v) is 13.3. The largest absolute Gasteiger partial charge is 0.343 e. The molecular formula is C19H14ClN3. The predicted octanol–water partition coefficient (Wildman–Crippen LogP) is 4.96. The van der Waals surface area contributed by atoms with Gasteiger partial charge in [0.2, 0.25) is 5.28 Å². The molecule has 0 aliphatic heterocycles. The Morgan fingerprint density at radius 1 is 0.913 bits per heavy atom. The van der Waals surface area contributed by atoms with Crippen molar-refractivity contribution in [2.75, 3.05) is 0 Å². The Balaban J connectivity index is 2.13. The molecule has 2 heterocycles. The topological polar surface area (TPSA) is 30.7 Å². The van der Waals surface area contributed by atoms with Crippen molar-refractivity contribution in [3.63, 3.8) is 0 Å². The van der Waals surface area contributed by atoms with Gasteiger partial charge in [0, 0.05) is 29.7 Å². The number of halogens is 1. The molecule has 4 rings (SSSR count). The van der Waals surface area contributed by atoms with E-state index in [0.717, 1.165) is 33.4 Å². The van der Waals surface area contributed by atoms with Crippen LogP contribution in [0.4, 0.5) is 0 Å². The first-order valence-corrected chi connectivity index (χ1v) is 7.75. The van der Waals surface area contributed by atoms with E-state index in [1.807, 2.05) is 36.4 Å². The highest BCUT2D eigenvalue weighted by atomic mass is 35.5. The summed E-state index contributed by atoms with van der Waals surface area (Å²) in [5, 5.41) is 1.41. The maximum Gasteiger partial charge on any atom is 0.222 e. The molecule has 4 aromatic rings. The highest BCUT2D eigenvalue weighted by Gasteiger charge is 2.18. The molecule has 0 saturated heterocycles. The van der Waals surface area contributed by atoms with Crippen LogP contribution >= 0.6 is 11.6 Å². The van der Waals surface area contributed by atoms with Gasteiger partial charge in [0.25, 0.3) is 0 Å². The third-order valence-electron chi connectivity index (χ3n) is 4.04. The average molecular weight is 320 g/mol. The SMILES string of the molecule is Cn1c(-c2ccccc2)c(-c2ccnc(Cl)n2)c2ccccc21. The standard InChI is InChI=1S/C19H14ClN3/c1-23-16-10-6-5-9-14(16)17(15-11-12-21-19(20)22-15)18(23)13-7-3-2-4-8-13/h2-12H,1H3. The van der Waals surface area contributed by atoms with Crippen LogP contribution in [0.15, 0.2) is 66.9 Å². The third kappa shape index (κ3) is 2.30. The van der Waals surface area contributed by atoms with Gasteiger partial charge in [-0.3, -0.25) is 0 Å². The maximum absolute atomic E-state index is 6.02. The van der Waals surface area contributed by atoms with Crippen LogP contribution in [0, 0.1) is 0 Å². The lowest BCUT2D eigenvalue weighted by Gasteiger charge is -2.08. The molecule has 0 spiro atoms. The molecule has 2 aromatic heterocycles. The summed E-state index contributed by atoms with van der Waals surface area (Å²) in [5.41, 5.74) is 5.35. The summed E-state index contributed by atoms with van der Waals surface area (Å²) in [7, 11) is 2.08. The molecule has 0 N–H and O–H groups in total. The van der Waals surface area contributed by atoms with Gasteiger partial charge in [0.1, 0.15) is 0 Å². The second-order valence-electron chi connectivity index (χ2n) is 5.38. The van der Waals surface area contributed by atoms with Crippen LogP contribution in [0.5, 0.6) is 0 Å². The lowest BCUT2D eigenvalue weighted by Crippen LogP contribution is -1.93. The minimum Gasteiger partial charge on any atom is -0.343 e. The van der Waals surface area contributed by atoms with E-state index in [-0.39, 0.29) is 5.28 Å². The Kier molecular flexibility index (Phi) is 3.36. The Morgan fingerprint density at radius 3 is 2.43 bits per heavy atom. The summed E-state index contributed by atoms with van der Waals surface area (Å²) >= 11 is 6.02. The highest BCUT2D eigenvalue weighted by Crippen LogP contribution is 2.39. The first-order valence-electron chi connectivity index (χ1n) is 7.37. The minimum absolute atomic E-state index is 0.259.